The zero-order chi connectivity index (χ0) is 14.1. The molecule has 2 aromatic carbocycles. The molecule has 0 saturated heterocycles. The van der Waals surface area contributed by atoms with Crippen molar-refractivity contribution >= 4 is 34.9 Å². The van der Waals surface area contributed by atoms with Crippen LogP contribution in [0.3, 0.4) is 0 Å². The van der Waals surface area contributed by atoms with Gasteiger partial charge in [-0.3, -0.25) is 9.59 Å². The third-order valence-corrected chi connectivity index (χ3v) is 4.66. The average molecular weight is 303 g/mol. The predicted octanol–water partition coefficient (Wildman–Crippen LogP) is 3.94. The van der Waals surface area contributed by atoms with Gasteiger partial charge in [0.05, 0.1) is 5.88 Å². The standard InChI is InChI=1S/C16H11ClO2S/c17-8-14(18)10-5-6-13-15(7-10)20-9-11-3-1-2-4-12(11)16(13)19/h1-7H,8-9H2. The molecular formula is C16H11ClO2S. The third-order valence-electron chi connectivity index (χ3n) is 3.31. The minimum Gasteiger partial charge on any atom is -0.293 e. The molecule has 20 heavy (non-hydrogen) atoms. The molecule has 0 bridgehead atoms. The van der Waals surface area contributed by atoms with Crippen molar-refractivity contribution in [2.75, 3.05) is 5.88 Å². The van der Waals surface area contributed by atoms with E-state index in [2.05, 4.69) is 0 Å². The summed E-state index contributed by atoms with van der Waals surface area (Å²) in [6.45, 7) is 0. The summed E-state index contributed by atoms with van der Waals surface area (Å²) in [7, 11) is 0. The minimum atomic E-state index is -0.121. The highest BCUT2D eigenvalue weighted by Crippen LogP contribution is 2.34. The van der Waals surface area contributed by atoms with E-state index in [1.807, 2.05) is 24.3 Å². The van der Waals surface area contributed by atoms with Gasteiger partial charge in [-0.15, -0.1) is 23.4 Å². The summed E-state index contributed by atoms with van der Waals surface area (Å²) >= 11 is 7.16. The summed E-state index contributed by atoms with van der Waals surface area (Å²) in [5.41, 5.74) is 3.00. The van der Waals surface area contributed by atoms with Crippen molar-refractivity contribution in [1.29, 1.82) is 0 Å². The maximum atomic E-state index is 12.6. The van der Waals surface area contributed by atoms with Crippen LogP contribution in [0, 0.1) is 0 Å². The second-order valence-electron chi connectivity index (χ2n) is 4.54. The Morgan fingerprint density at radius 1 is 1.15 bits per heavy atom. The van der Waals surface area contributed by atoms with Crippen LogP contribution in [-0.2, 0) is 5.75 Å². The Hall–Kier alpha value is -1.58. The highest BCUT2D eigenvalue weighted by Gasteiger charge is 2.22. The number of hydrogen-bond donors (Lipinski definition) is 0. The molecular weight excluding hydrogens is 292 g/mol. The van der Waals surface area contributed by atoms with Crippen LogP contribution in [0.1, 0.15) is 31.8 Å². The first-order valence-corrected chi connectivity index (χ1v) is 7.71. The lowest BCUT2D eigenvalue weighted by atomic mass is 9.98. The van der Waals surface area contributed by atoms with Gasteiger partial charge in [0.2, 0.25) is 0 Å². The second-order valence-corrected chi connectivity index (χ2v) is 5.83. The Kier molecular flexibility index (Phi) is 3.64. The molecule has 0 aromatic heterocycles. The summed E-state index contributed by atoms with van der Waals surface area (Å²) in [6.07, 6.45) is 0. The zero-order valence-corrected chi connectivity index (χ0v) is 12.1. The fourth-order valence-electron chi connectivity index (χ4n) is 2.25. The van der Waals surface area contributed by atoms with Gasteiger partial charge < -0.3 is 0 Å². The van der Waals surface area contributed by atoms with Crippen molar-refractivity contribution in [3.8, 4) is 0 Å². The van der Waals surface area contributed by atoms with Crippen LogP contribution in [0.4, 0.5) is 0 Å². The fraction of sp³-hybridized carbons (Fsp3) is 0.125. The van der Waals surface area contributed by atoms with E-state index in [4.69, 9.17) is 11.6 Å². The van der Waals surface area contributed by atoms with Gasteiger partial charge >= 0.3 is 0 Å². The van der Waals surface area contributed by atoms with Gasteiger partial charge in [-0.1, -0.05) is 30.3 Å². The van der Waals surface area contributed by atoms with Crippen LogP contribution >= 0.6 is 23.4 Å². The molecule has 2 aromatic rings. The van der Waals surface area contributed by atoms with Gasteiger partial charge in [-0.25, -0.2) is 0 Å². The van der Waals surface area contributed by atoms with Gasteiger partial charge in [-0.05, 0) is 17.7 Å². The lowest BCUT2D eigenvalue weighted by molar-refractivity contribution is 0.101. The molecule has 0 radical (unpaired) electrons. The summed E-state index contributed by atoms with van der Waals surface area (Å²) in [4.78, 5) is 25.1. The number of benzene rings is 2. The highest BCUT2D eigenvalue weighted by molar-refractivity contribution is 7.98. The molecule has 100 valence electrons. The summed E-state index contributed by atoms with van der Waals surface area (Å²) in [5, 5.41) is 0. The van der Waals surface area contributed by atoms with Gasteiger partial charge in [0.15, 0.2) is 11.6 Å². The predicted molar refractivity (Wildman–Crippen MR) is 80.9 cm³/mol. The van der Waals surface area contributed by atoms with E-state index in [1.54, 1.807) is 30.0 Å². The number of carbonyl (C=O) groups is 2. The van der Waals surface area contributed by atoms with Crippen LogP contribution in [-0.4, -0.2) is 17.4 Å². The molecule has 0 N–H and O–H groups in total. The van der Waals surface area contributed by atoms with Crippen molar-refractivity contribution < 1.29 is 9.59 Å². The van der Waals surface area contributed by atoms with E-state index in [0.29, 0.717) is 11.1 Å². The molecule has 1 aliphatic rings. The number of alkyl halides is 1. The van der Waals surface area contributed by atoms with Crippen LogP contribution in [0.25, 0.3) is 0 Å². The average Bonchev–Trinajstić information content (AvgIpc) is 2.64. The topological polar surface area (TPSA) is 34.1 Å². The molecule has 1 aliphatic heterocycles. The van der Waals surface area contributed by atoms with E-state index < -0.39 is 0 Å². The Morgan fingerprint density at radius 3 is 2.75 bits per heavy atom. The highest BCUT2D eigenvalue weighted by atomic mass is 35.5. The molecule has 3 rings (SSSR count). The molecule has 0 unspecified atom stereocenters. The van der Waals surface area contributed by atoms with Crippen molar-refractivity contribution in [2.45, 2.75) is 10.6 Å². The first-order valence-electron chi connectivity index (χ1n) is 6.19. The Morgan fingerprint density at radius 2 is 1.95 bits per heavy atom. The summed E-state index contributed by atoms with van der Waals surface area (Å²) in [5.74, 6) is 0.583. The molecule has 0 amide bonds. The largest absolute Gasteiger partial charge is 0.293 e. The molecule has 0 aliphatic carbocycles. The molecule has 0 fully saturated rings. The van der Waals surface area contributed by atoms with Gasteiger partial charge in [0, 0.05) is 27.3 Å². The Labute approximate surface area is 126 Å². The smallest absolute Gasteiger partial charge is 0.194 e. The van der Waals surface area contributed by atoms with Crippen LogP contribution in [0.2, 0.25) is 0 Å². The van der Waals surface area contributed by atoms with Gasteiger partial charge in [0.1, 0.15) is 0 Å². The van der Waals surface area contributed by atoms with E-state index in [9.17, 15) is 9.59 Å². The van der Waals surface area contributed by atoms with Crippen molar-refractivity contribution in [3.05, 3.63) is 64.7 Å². The summed E-state index contributed by atoms with van der Waals surface area (Å²) < 4.78 is 0. The van der Waals surface area contributed by atoms with Crippen LogP contribution < -0.4 is 0 Å². The molecule has 2 nitrogen and oxygen atoms in total. The maximum Gasteiger partial charge on any atom is 0.194 e. The van der Waals surface area contributed by atoms with E-state index in [-0.39, 0.29) is 17.4 Å². The first kappa shape index (κ1) is 13.4. The van der Waals surface area contributed by atoms with Crippen molar-refractivity contribution in [3.63, 3.8) is 0 Å². The lowest BCUT2D eigenvalue weighted by Gasteiger charge is -2.06. The zero-order valence-electron chi connectivity index (χ0n) is 10.6. The molecule has 0 spiro atoms. The third kappa shape index (κ3) is 2.28. The maximum absolute atomic E-state index is 12.6. The first-order chi connectivity index (χ1) is 9.70. The number of ketones is 2. The van der Waals surface area contributed by atoms with E-state index in [1.165, 1.54) is 0 Å². The number of thioether (sulfide) groups is 1. The number of halogens is 1. The molecule has 0 atom stereocenters. The quantitative estimate of drug-likeness (QED) is 0.622. The number of fused-ring (bicyclic) bond motifs is 2. The van der Waals surface area contributed by atoms with Crippen LogP contribution in [0.5, 0.6) is 0 Å². The summed E-state index contributed by atoms with van der Waals surface area (Å²) in [6, 6.07) is 12.8. The Bertz CT molecular complexity index is 709. The number of rotatable bonds is 2. The van der Waals surface area contributed by atoms with Gasteiger partial charge in [-0.2, -0.15) is 0 Å². The van der Waals surface area contributed by atoms with Gasteiger partial charge in [0.25, 0.3) is 0 Å². The van der Waals surface area contributed by atoms with E-state index in [0.717, 1.165) is 21.8 Å². The Balaban J connectivity index is 2.09. The number of hydrogen-bond acceptors (Lipinski definition) is 3. The minimum absolute atomic E-state index is 0.0190. The SMILES string of the molecule is O=C(CCl)c1ccc2c(c1)SCc1ccccc1C2=O. The monoisotopic (exact) mass is 302 g/mol. The molecule has 1 heterocycles. The normalized spacial score (nSPS) is 13.3. The fourth-order valence-corrected chi connectivity index (χ4v) is 3.49. The number of carbonyl (C=O) groups excluding carboxylic acids is 2. The van der Waals surface area contributed by atoms with Crippen molar-refractivity contribution in [2.24, 2.45) is 0 Å². The van der Waals surface area contributed by atoms with Crippen molar-refractivity contribution in [1.82, 2.24) is 0 Å². The molecule has 0 saturated carbocycles. The van der Waals surface area contributed by atoms with Crippen LogP contribution in [0.15, 0.2) is 47.4 Å². The van der Waals surface area contributed by atoms with E-state index >= 15 is 0 Å². The molecule has 4 heteroatoms. The lowest BCUT2D eigenvalue weighted by Crippen LogP contribution is -2.06. The number of Topliss-reactive ketones (excluding diaryl/α,β-unsaturated/α-hetero) is 1. The second kappa shape index (κ2) is 5.43.